The van der Waals surface area contributed by atoms with E-state index >= 15 is 0 Å². The van der Waals surface area contributed by atoms with Crippen molar-refractivity contribution in [1.29, 1.82) is 0 Å². The van der Waals surface area contributed by atoms with Crippen LogP contribution in [0.2, 0.25) is 0 Å². The molecule has 1 amide bonds. The Morgan fingerprint density at radius 3 is 3.14 bits per heavy atom. The minimum atomic E-state index is -0.0699. The fourth-order valence-corrected chi connectivity index (χ4v) is 1.81. The fraction of sp³-hybridized carbons (Fsp3) is 0.556. The maximum atomic E-state index is 11.4. The number of hydrogen-bond donors (Lipinski definition) is 1. The Hall–Kier alpha value is -0.550. The molecule has 0 saturated heterocycles. The summed E-state index contributed by atoms with van der Waals surface area (Å²) < 4.78 is 0. The predicted octanol–water partition coefficient (Wildman–Crippen LogP) is 2.01. The third kappa shape index (κ3) is 3.67. The monoisotopic (exact) mass is 230 g/mol. The number of carbonyl (C=O) groups is 1. The van der Waals surface area contributed by atoms with Crippen LogP contribution < -0.4 is 5.32 Å². The molecule has 0 bridgehead atoms. The Morgan fingerprint density at radius 1 is 1.79 bits per heavy atom. The number of amides is 1. The first-order chi connectivity index (χ1) is 6.74. The van der Waals surface area contributed by atoms with Crippen LogP contribution in [0.15, 0.2) is 10.9 Å². The number of nitrogens with one attached hydrogen (secondary N) is 1. The number of thiazole rings is 1. The molecule has 0 radical (unpaired) electrons. The largest absolute Gasteiger partial charge is 0.351 e. The van der Waals surface area contributed by atoms with Gasteiger partial charge < -0.3 is 5.32 Å². The topological polar surface area (TPSA) is 42.0 Å². The summed E-state index contributed by atoms with van der Waals surface area (Å²) in [6.07, 6.45) is 3.07. The lowest BCUT2D eigenvalue weighted by Gasteiger charge is -2.07. The smallest absolute Gasteiger partial charge is 0.270 e. The number of rotatable bonds is 5. The predicted molar refractivity (Wildman–Crippen MR) is 62.0 cm³/mol. The van der Waals surface area contributed by atoms with Crippen molar-refractivity contribution in [2.24, 2.45) is 0 Å². The summed E-state index contributed by atoms with van der Waals surface area (Å²) in [5.74, 6) is -0.0699. The minimum Gasteiger partial charge on any atom is -0.351 e. The van der Waals surface area contributed by atoms with Gasteiger partial charge >= 0.3 is 0 Å². The van der Waals surface area contributed by atoms with E-state index in [4.69, 9.17) is 0 Å². The number of thioether (sulfide) groups is 1. The number of aromatic nitrogens is 1. The van der Waals surface area contributed by atoms with Crippen molar-refractivity contribution in [3.63, 3.8) is 0 Å². The molecule has 1 heterocycles. The maximum absolute atomic E-state index is 11.4. The van der Waals surface area contributed by atoms with Crippen LogP contribution in [0.1, 0.15) is 23.8 Å². The Labute approximate surface area is 92.3 Å². The van der Waals surface area contributed by atoms with E-state index in [-0.39, 0.29) is 5.91 Å². The van der Waals surface area contributed by atoms with E-state index in [1.165, 1.54) is 11.3 Å². The van der Waals surface area contributed by atoms with Crippen molar-refractivity contribution >= 4 is 29.0 Å². The van der Waals surface area contributed by atoms with E-state index in [1.54, 1.807) is 10.9 Å². The van der Waals surface area contributed by atoms with Gasteiger partial charge in [-0.1, -0.05) is 6.92 Å². The molecule has 0 aromatic carbocycles. The fourth-order valence-electron chi connectivity index (χ4n) is 0.922. The third-order valence-corrected chi connectivity index (χ3v) is 3.53. The summed E-state index contributed by atoms with van der Waals surface area (Å²) in [5.41, 5.74) is 2.19. The van der Waals surface area contributed by atoms with Crippen molar-refractivity contribution in [3.05, 3.63) is 16.6 Å². The first-order valence-corrected chi connectivity index (χ1v) is 6.66. The zero-order chi connectivity index (χ0) is 10.4. The average Bonchev–Trinajstić information content (AvgIpc) is 2.70. The van der Waals surface area contributed by atoms with Gasteiger partial charge in [0, 0.05) is 17.2 Å². The molecule has 0 saturated carbocycles. The molecule has 0 aliphatic carbocycles. The highest BCUT2D eigenvalue weighted by atomic mass is 32.2. The van der Waals surface area contributed by atoms with Crippen LogP contribution >= 0.6 is 23.1 Å². The summed E-state index contributed by atoms with van der Waals surface area (Å²) in [7, 11) is 0. The van der Waals surface area contributed by atoms with Gasteiger partial charge in [0.05, 0.1) is 5.51 Å². The highest BCUT2D eigenvalue weighted by Gasteiger charge is 2.06. The molecule has 14 heavy (non-hydrogen) atoms. The zero-order valence-corrected chi connectivity index (χ0v) is 9.95. The van der Waals surface area contributed by atoms with Crippen LogP contribution in [0.5, 0.6) is 0 Å². The van der Waals surface area contributed by atoms with E-state index in [0.29, 0.717) is 10.9 Å². The lowest BCUT2D eigenvalue weighted by atomic mass is 10.3. The zero-order valence-electron chi connectivity index (χ0n) is 8.32. The van der Waals surface area contributed by atoms with Gasteiger partial charge in [-0.05, 0) is 12.7 Å². The van der Waals surface area contributed by atoms with Crippen LogP contribution in [0.3, 0.4) is 0 Å². The summed E-state index contributed by atoms with van der Waals surface area (Å²) in [4.78, 5) is 15.3. The molecule has 1 N–H and O–H groups in total. The molecule has 1 atom stereocenters. The second-order valence-corrected chi connectivity index (χ2v) is 4.96. The van der Waals surface area contributed by atoms with Gasteiger partial charge in [-0.15, -0.1) is 11.3 Å². The molecule has 0 fully saturated rings. The second kappa shape index (κ2) is 6.03. The van der Waals surface area contributed by atoms with Gasteiger partial charge in [0.25, 0.3) is 5.91 Å². The first-order valence-electron chi connectivity index (χ1n) is 4.43. The third-order valence-electron chi connectivity index (χ3n) is 1.90. The Morgan fingerprint density at radius 2 is 2.57 bits per heavy atom. The molecule has 1 aromatic heterocycles. The lowest BCUT2D eigenvalue weighted by molar-refractivity contribution is 0.0949. The van der Waals surface area contributed by atoms with Crippen LogP contribution in [0, 0.1) is 0 Å². The van der Waals surface area contributed by atoms with Crippen LogP contribution in [-0.2, 0) is 0 Å². The van der Waals surface area contributed by atoms with Crippen molar-refractivity contribution in [1.82, 2.24) is 10.3 Å². The van der Waals surface area contributed by atoms with Gasteiger partial charge in [0.1, 0.15) is 5.69 Å². The van der Waals surface area contributed by atoms with Gasteiger partial charge in [0.15, 0.2) is 0 Å². The molecule has 0 aliphatic rings. The van der Waals surface area contributed by atoms with E-state index in [9.17, 15) is 4.79 Å². The summed E-state index contributed by atoms with van der Waals surface area (Å²) in [5, 5.41) is 5.19. The summed E-state index contributed by atoms with van der Waals surface area (Å²) >= 11 is 3.25. The molecule has 3 nitrogen and oxygen atoms in total. The molecular weight excluding hydrogens is 216 g/mol. The molecule has 1 unspecified atom stereocenters. The number of carbonyl (C=O) groups excluding carboxylic acids is 1. The molecule has 1 rings (SSSR count). The Kier molecular flexibility index (Phi) is 4.97. The highest BCUT2D eigenvalue weighted by molar-refractivity contribution is 7.99. The molecule has 5 heteroatoms. The highest BCUT2D eigenvalue weighted by Crippen LogP contribution is 2.08. The molecule has 78 valence electrons. The van der Waals surface area contributed by atoms with Gasteiger partial charge in [-0.25, -0.2) is 4.98 Å². The summed E-state index contributed by atoms with van der Waals surface area (Å²) in [6, 6.07) is 0. The van der Waals surface area contributed by atoms with E-state index < -0.39 is 0 Å². The standard InChI is InChI=1S/C9H14N2OS2/c1-7(13-2)3-4-10-9(12)8-5-14-6-11-8/h5-7H,3-4H2,1-2H3,(H,10,12). The van der Waals surface area contributed by atoms with Crippen molar-refractivity contribution in [2.45, 2.75) is 18.6 Å². The van der Waals surface area contributed by atoms with E-state index in [0.717, 1.165) is 13.0 Å². The number of nitrogens with zero attached hydrogens (tertiary/aromatic N) is 1. The Bertz CT molecular complexity index is 274. The van der Waals surface area contributed by atoms with Crippen LogP contribution in [0.25, 0.3) is 0 Å². The molecule has 1 aromatic rings. The molecular formula is C9H14N2OS2. The van der Waals surface area contributed by atoms with Crippen LogP contribution in [-0.4, -0.2) is 28.9 Å². The molecule has 0 spiro atoms. The first kappa shape index (κ1) is 11.5. The second-order valence-electron chi connectivity index (χ2n) is 2.96. The minimum absolute atomic E-state index is 0.0699. The van der Waals surface area contributed by atoms with Gasteiger partial charge in [-0.3, -0.25) is 4.79 Å². The van der Waals surface area contributed by atoms with Crippen molar-refractivity contribution in [3.8, 4) is 0 Å². The quantitative estimate of drug-likeness (QED) is 0.841. The SMILES string of the molecule is CSC(C)CCNC(=O)c1cscn1. The van der Waals surface area contributed by atoms with Gasteiger partial charge in [-0.2, -0.15) is 11.8 Å². The average molecular weight is 230 g/mol. The van der Waals surface area contributed by atoms with Crippen LogP contribution in [0.4, 0.5) is 0 Å². The Balaban J connectivity index is 2.23. The maximum Gasteiger partial charge on any atom is 0.270 e. The van der Waals surface area contributed by atoms with Crippen molar-refractivity contribution < 1.29 is 4.79 Å². The van der Waals surface area contributed by atoms with Crippen molar-refractivity contribution in [2.75, 3.05) is 12.8 Å². The molecule has 0 aliphatic heterocycles. The normalized spacial score (nSPS) is 12.4. The van der Waals surface area contributed by atoms with E-state index in [2.05, 4.69) is 23.5 Å². The van der Waals surface area contributed by atoms with Gasteiger partial charge in [0.2, 0.25) is 0 Å². The lowest BCUT2D eigenvalue weighted by Crippen LogP contribution is -2.26. The summed E-state index contributed by atoms with van der Waals surface area (Å²) in [6.45, 7) is 2.87. The number of hydrogen-bond acceptors (Lipinski definition) is 4. The van der Waals surface area contributed by atoms with E-state index in [1.807, 2.05) is 11.8 Å².